The van der Waals surface area contributed by atoms with Crippen molar-refractivity contribution in [1.29, 1.82) is 0 Å². The Kier molecular flexibility index (Phi) is 6.60. The fourth-order valence-electron chi connectivity index (χ4n) is 3.59. The number of piperidine rings is 1. The second-order valence-corrected chi connectivity index (χ2v) is 6.73. The third kappa shape index (κ3) is 4.55. The Morgan fingerprint density at radius 1 is 1.35 bits per heavy atom. The number of nitrogens with zero attached hydrogens (tertiary/aromatic N) is 1. The van der Waals surface area contributed by atoms with Gasteiger partial charge in [-0.3, -0.25) is 4.79 Å². The summed E-state index contributed by atoms with van der Waals surface area (Å²) in [5, 5.41) is 20.0. The normalized spacial score (nSPS) is 24.7. The zero-order valence-electron chi connectivity index (χ0n) is 14.1. The van der Waals surface area contributed by atoms with Crippen LogP contribution >= 0.6 is 0 Å². The first-order chi connectivity index (χ1) is 11.1. The van der Waals surface area contributed by atoms with E-state index in [2.05, 4.69) is 12.1 Å². The molecule has 23 heavy (non-hydrogen) atoms. The summed E-state index contributed by atoms with van der Waals surface area (Å²) >= 11 is 0. The van der Waals surface area contributed by atoms with E-state index in [0.717, 1.165) is 25.7 Å². The molecule has 1 aromatic carbocycles. The maximum atomic E-state index is 12.5. The molecule has 1 heterocycles. The van der Waals surface area contributed by atoms with Crippen LogP contribution in [-0.2, 0) is 11.2 Å². The predicted octanol–water partition coefficient (Wildman–Crippen LogP) is 2.38. The summed E-state index contributed by atoms with van der Waals surface area (Å²) in [6.45, 7) is 3.06. The molecule has 0 aromatic heterocycles. The van der Waals surface area contributed by atoms with Crippen molar-refractivity contribution in [2.75, 3.05) is 19.7 Å². The number of hydrogen-bond donors (Lipinski definition) is 2. The van der Waals surface area contributed by atoms with Crippen molar-refractivity contribution < 1.29 is 15.0 Å². The molecule has 2 rings (SSSR count). The van der Waals surface area contributed by atoms with Crippen LogP contribution in [-0.4, -0.2) is 46.8 Å². The minimum Gasteiger partial charge on any atom is -0.396 e. The minimum atomic E-state index is -0.540. The van der Waals surface area contributed by atoms with Gasteiger partial charge in [-0.25, -0.2) is 0 Å². The first kappa shape index (κ1) is 18.0. The van der Waals surface area contributed by atoms with Gasteiger partial charge in [0.15, 0.2) is 0 Å². The molecule has 0 spiro atoms. The second-order valence-electron chi connectivity index (χ2n) is 6.73. The summed E-state index contributed by atoms with van der Waals surface area (Å²) in [6.07, 6.45) is 3.96. The van der Waals surface area contributed by atoms with Crippen LogP contribution in [0.2, 0.25) is 0 Å². The number of benzene rings is 1. The van der Waals surface area contributed by atoms with Crippen LogP contribution in [0.5, 0.6) is 0 Å². The van der Waals surface area contributed by atoms with Crippen molar-refractivity contribution in [3.05, 3.63) is 35.9 Å². The Morgan fingerprint density at radius 3 is 2.74 bits per heavy atom. The van der Waals surface area contributed by atoms with Gasteiger partial charge in [-0.15, -0.1) is 0 Å². The fourth-order valence-corrected chi connectivity index (χ4v) is 3.59. The highest BCUT2D eigenvalue weighted by Gasteiger charge is 2.42. The molecule has 0 aliphatic carbocycles. The van der Waals surface area contributed by atoms with Crippen LogP contribution in [0.1, 0.15) is 44.6 Å². The Labute approximate surface area is 139 Å². The molecule has 0 bridgehead atoms. The van der Waals surface area contributed by atoms with E-state index >= 15 is 0 Å². The van der Waals surface area contributed by atoms with Gasteiger partial charge < -0.3 is 15.1 Å². The lowest BCUT2D eigenvalue weighted by Gasteiger charge is -2.45. The molecule has 0 saturated carbocycles. The fraction of sp³-hybridized carbons (Fsp3) is 0.632. The van der Waals surface area contributed by atoms with Gasteiger partial charge in [-0.2, -0.15) is 0 Å². The largest absolute Gasteiger partial charge is 0.396 e. The van der Waals surface area contributed by atoms with Gasteiger partial charge >= 0.3 is 0 Å². The van der Waals surface area contributed by atoms with Gasteiger partial charge in [0.25, 0.3) is 0 Å². The van der Waals surface area contributed by atoms with Crippen LogP contribution in [0.25, 0.3) is 0 Å². The molecular weight excluding hydrogens is 290 g/mol. The van der Waals surface area contributed by atoms with Crippen LogP contribution in [0.3, 0.4) is 0 Å². The van der Waals surface area contributed by atoms with Gasteiger partial charge in [0.1, 0.15) is 0 Å². The van der Waals surface area contributed by atoms with E-state index in [1.165, 1.54) is 5.56 Å². The van der Waals surface area contributed by atoms with Crippen molar-refractivity contribution in [1.82, 2.24) is 4.90 Å². The molecule has 1 aromatic rings. The van der Waals surface area contributed by atoms with Crippen LogP contribution < -0.4 is 0 Å². The molecule has 1 aliphatic heterocycles. The average molecular weight is 319 g/mol. The summed E-state index contributed by atoms with van der Waals surface area (Å²) in [4.78, 5) is 14.3. The lowest BCUT2D eigenvalue weighted by Crippen LogP contribution is -2.55. The molecule has 1 amide bonds. The maximum Gasteiger partial charge on any atom is 0.222 e. The van der Waals surface area contributed by atoms with E-state index in [-0.39, 0.29) is 12.5 Å². The van der Waals surface area contributed by atoms with Gasteiger partial charge in [0.05, 0.1) is 12.7 Å². The quantitative estimate of drug-likeness (QED) is 0.811. The lowest BCUT2D eigenvalue weighted by molar-refractivity contribution is -0.142. The third-order valence-electron chi connectivity index (χ3n) is 5.00. The molecule has 0 radical (unpaired) electrons. The van der Waals surface area contributed by atoms with Gasteiger partial charge in [-0.05, 0) is 31.2 Å². The number of aliphatic hydroxyl groups excluding tert-OH is 2. The highest BCUT2D eigenvalue weighted by Crippen LogP contribution is 2.35. The summed E-state index contributed by atoms with van der Waals surface area (Å²) in [6, 6.07) is 10.2. The standard InChI is InChI=1S/C19H29NO3/c1-2-12-19(15-21)14-20(13-11-17(19)22)18(23)10-6-9-16-7-4-3-5-8-16/h3-5,7-8,17,21-22H,2,6,9-15H2,1H3/t17-,19+/m1/s1. The molecule has 2 atom stereocenters. The monoisotopic (exact) mass is 319 g/mol. The second kappa shape index (κ2) is 8.46. The number of amides is 1. The number of carbonyl (C=O) groups is 1. The van der Waals surface area contributed by atoms with E-state index < -0.39 is 11.5 Å². The molecule has 2 N–H and O–H groups in total. The lowest BCUT2D eigenvalue weighted by atomic mass is 9.74. The number of hydrogen-bond acceptors (Lipinski definition) is 3. The highest BCUT2D eigenvalue weighted by molar-refractivity contribution is 5.76. The van der Waals surface area contributed by atoms with Gasteiger partial charge in [0.2, 0.25) is 5.91 Å². The molecule has 1 saturated heterocycles. The first-order valence-electron chi connectivity index (χ1n) is 8.72. The molecule has 1 fully saturated rings. The zero-order valence-corrected chi connectivity index (χ0v) is 14.1. The first-order valence-corrected chi connectivity index (χ1v) is 8.72. The van der Waals surface area contributed by atoms with Gasteiger partial charge in [0, 0.05) is 24.9 Å². The highest BCUT2D eigenvalue weighted by atomic mass is 16.3. The van der Waals surface area contributed by atoms with Gasteiger partial charge in [-0.1, -0.05) is 43.7 Å². The van der Waals surface area contributed by atoms with Crippen molar-refractivity contribution >= 4 is 5.91 Å². The zero-order chi connectivity index (χ0) is 16.7. The van der Waals surface area contributed by atoms with Crippen LogP contribution in [0, 0.1) is 5.41 Å². The van der Waals surface area contributed by atoms with Crippen LogP contribution in [0.15, 0.2) is 30.3 Å². The number of aliphatic hydroxyl groups is 2. The van der Waals surface area contributed by atoms with Crippen molar-refractivity contribution in [3.63, 3.8) is 0 Å². The minimum absolute atomic E-state index is 0.0597. The Hall–Kier alpha value is -1.39. The molecule has 4 nitrogen and oxygen atoms in total. The number of carbonyl (C=O) groups excluding carboxylic acids is 1. The Balaban J connectivity index is 1.86. The van der Waals surface area contributed by atoms with E-state index in [1.54, 1.807) is 0 Å². The van der Waals surface area contributed by atoms with Crippen molar-refractivity contribution in [3.8, 4) is 0 Å². The Bertz CT molecular complexity index is 491. The van der Waals surface area contributed by atoms with E-state index in [4.69, 9.17) is 0 Å². The summed E-state index contributed by atoms with van der Waals surface area (Å²) in [5.74, 6) is 0.141. The molecular formula is C19H29NO3. The maximum absolute atomic E-state index is 12.5. The van der Waals surface area contributed by atoms with E-state index in [9.17, 15) is 15.0 Å². The molecule has 1 aliphatic rings. The SMILES string of the molecule is CCC[C@@]1(CO)CN(C(=O)CCCc2ccccc2)CC[C@H]1O. The van der Waals surface area contributed by atoms with E-state index in [1.807, 2.05) is 30.0 Å². The molecule has 0 unspecified atom stereocenters. The summed E-state index contributed by atoms with van der Waals surface area (Å²) < 4.78 is 0. The predicted molar refractivity (Wildman–Crippen MR) is 91.0 cm³/mol. The smallest absolute Gasteiger partial charge is 0.222 e. The summed E-state index contributed by atoms with van der Waals surface area (Å²) in [5.41, 5.74) is 0.715. The molecule has 128 valence electrons. The third-order valence-corrected chi connectivity index (χ3v) is 5.00. The van der Waals surface area contributed by atoms with E-state index in [0.29, 0.717) is 25.9 Å². The summed E-state index contributed by atoms with van der Waals surface area (Å²) in [7, 11) is 0. The number of likely N-dealkylation sites (tertiary alicyclic amines) is 1. The topological polar surface area (TPSA) is 60.8 Å². The van der Waals surface area contributed by atoms with Crippen LogP contribution in [0.4, 0.5) is 0 Å². The average Bonchev–Trinajstić information content (AvgIpc) is 2.58. The van der Waals surface area contributed by atoms with Crippen molar-refractivity contribution in [2.45, 2.75) is 51.6 Å². The number of rotatable bonds is 7. The number of aryl methyl sites for hydroxylation is 1. The Morgan fingerprint density at radius 2 is 2.09 bits per heavy atom. The molecule has 4 heteroatoms. The van der Waals surface area contributed by atoms with Crippen molar-refractivity contribution in [2.24, 2.45) is 5.41 Å².